The number of hydrogen-bond acceptors (Lipinski definition) is 8. The Balaban J connectivity index is 4.46. The van der Waals surface area contributed by atoms with E-state index < -0.39 is 32.5 Å². The van der Waals surface area contributed by atoms with E-state index in [1.165, 1.54) is 44.9 Å². The molecule has 0 aliphatic carbocycles. The number of carbonyl (C=O) groups is 2. The second kappa shape index (κ2) is 31.5. The number of hydrogen-bond donors (Lipinski definition) is 0. The van der Waals surface area contributed by atoms with Crippen molar-refractivity contribution in [2.75, 3.05) is 47.5 Å². The molecule has 0 aliphatic heterocycles. The Labute approximate surface area is 294 Å². The lowest BCUT2D eigenvalue weighted by atomic mass is 10.1. The first-order valence-corrected chi connectivity index (χ1v) is 20.5. The van der Waals surface area contributed by atoms with Gasteiger partial charge in [0.2, 0.25) is 0 Å². The summed E-state index contributed by atoms with van der Waals surface area (Å²) < 4.78 is 33.7. The zero-order valence-electron chi connectivity index (χ0n) is 31.4. The zero-order chi connectivity index (χ0) is 35.8. The normalized spacial score (nSPS) is 14.0. The third-order valence-corrected chi connectivity index (χ3v) is 8.89. The van der Waals surface area contributed by atoms with Crippen molar-refractivity contribution < 1.29 is 42.1 Å². The number of likely N-dealkylation sites (N-methyl/N-ethyl adjacent to an activating group) is 1. The largest absolute Gasteiger partial charge is 0.756 e. The molecule has 282 valence electrons. The number of esters is 2. The second-order valence-electron chi connectivity index (χ2n) is 13.9. The number of phosphoric acid groups is 1. The molecular weight excluding hydrogens is 629 g/mol. The number of unbranched alkanes of at least 4 members (excludes halogenated alkanes) is 16. The first kappa shape index (κ1) is 46.5. The summed E-state index contributed by atoms with van der Waals surface area (Å²) >= 11 is 0. The Morgan fingerprint density at radius 3 is 1.62 bits per heavy atom. The summed E-state index contributed by atoms with van der Waals surface area (Å²) in [4.78, 5) is 37.2. The monoisotopic (exact) mass is 701 g/mol. The van der Waals surface area contributed by atoms with Crippen molar-refractivity contribution in [3.05, 3.63) is 24.3 Å². The molecule has 2 atom stereocenters. The van der Waals surface area contributed by atoms with Crippen molar-refractivity contribution >= 4 is 19.8 Å². The third-order valence-electron chi connectivity index (χ3n) is 7.92. The molecule has 0 spiro atoms. The molecule has 0 heterocycles. The molecule has 0 aliphatic rings. The van der Waals surface area contributed by atoms with Gasteiger partial charge < -0.3 is 27.9 Å². The molecule has 48 heavy (non-hydrogen) atoms. The quantitative estimate of drug-likeness (QED) is 0.0215. The van der Waals surface area contributed by atoms with Crippen LogP contribution in [0.2, 0.25) is 0 Å². The van der Waals surface area contributed by atoms with Gasteiger partial charge in [-0.15, -0.1) is 0 Å². The first-order chi connectivity index (χ1) is 23.0. The van der Waals surface area contributed by atoms with Crippen molar-refractivity contribution in [3.63, 3.8) is 0 Å². The summed E-state index contributed by atoms with van der Waals surface area (Å²) in [6.45, 7) is 4.11. The standard InChI is InChI=1S/C38H72NO8P/c1-6-8-10-12-14-16-18-19-20-21-23-25-27-29-31-38(41)47-36(35-46-48(42,43)45-33-32-39(3,4)5)34-44-37(40)30-28-26-24-22-17-15-13-11-9-7-2/h11,13,18-19,36H,6-10,12,14-17,20-35H2,1-5H3/b13-11-,19-18-. The topological polar surface area (TPSA) is 111 Å². The molecule has 0 N–H and O–H groups in total. The van der Waals surface area contributed by atoms with Crippen LogP contribution >= 0.6 is 7.82 Å². The van der Waals surface area contributed by atoms with Crippen LogP contribution in [0.5, 0.6) is 0 Å². The van der Waals surface area contributed by atoms with Gasteiger partial charge in [0.25, 0.3) is 7.82 Å². The van der Waals surface area contributed by atoms with Gasteiger partial charge in [-0.2, -0.15) is 0 Å². The SMILES string of the molecule is CCC/C=C\CCCCCCCC(=O)OCC(COP(=O)([O-])OCC[N+](C)(C)C)OC(=O)CCCCCCC/C=C\CCCCCCC. The molecule has 0 aromatic carbocycles. The van der Waals surface area contributed by atoms with Crippen LogP contribution in [0.25, 0.3) is 0 Å². The smallest absolute Gasteiger partial charge is 0.306 e. The molecule has 0 saturated heterocycles. The highest BCUT2D eigenvalue weighted by Crippen LogP contribution is 2.38. The van der Waals surface area contributed by atoms with Gasteiger partial charge in [-0.05, 0) is 57.8 Å². The predicted molar refractivity (Wildman–Crippen MR) is 194 cm³/mol. The van der Waals surface area contributed by atoms with E-state index in [-0.39, 0.29) is 26.1 Å². The second-order valence-corrected chi connectivity index (χ2v) is 15.3. The van der Waals surface area contributed by atoms with E-state index in [0.29, 0.717) is 17.4 Å². The summed E-state index contributed by atoms with van der Waals surface area (Å²) in [5, 5.41) is 0. The van der Waals surface area contributed by atoms with Gasteiger partial charge >= 0.3 is 11.9 Å². The van der Waals surface area contributed by atoms with Crippen molar-refractivity contribution in [1.82, 2.24) is 0 Å². The van der Waals surface area contributed by atoms with Crippen molar-refractivity contribution in [3.8, 4) is 0 Å². The average molecular weight is 702 g/mol. The highest BCUT2D eigenvalue weighted by molar-refractivity contribution is 7.45. The lowest BCUT2D eigenvalue weighted by molar-refractivity contribution is -0.870. The van der Waals surface area contributed by atoms with E-state index in [2.05, 4.69) is 38.2 Å². The first-order valence-electron chi connectivity index (χ1n) is 19.0. The number of carbonyl (C=O) groups excluding carboxylic acids is 2. The van der Waals surface area contributed by atoms with Gasteiger partial charge in [0.05, 0.1) is 27.7 Å². The summed E-state index contributed by atoms with van der Waals surface area (Å²) in [5.41, 5.74) is 0. The van der Waals surface area contributed by atoms with Crippen LogP contribution in [0.1, 0.15) is 155 Å². The lowest BCUT2D eigenvalue weighted by Gasteiger charge is -2.28. The van der Waals surface area contributed by atoms with E-state index in [1.54, 1.807) is 0 Å². The minimum atomic E-state index is -4.62. The van der Waals surface area contributed by atoms with Crippen molar-refractivity contribution in [2.24, 2.45) is 0 Å². The Morgan fingerprint density at radius 1 is 0.625 bits per heavy atom. The van der Waals surface area contributed by atoms with Crippen LogP contribution in [-0.4, -0.2) is 70.0 Å². The minimum Gasteiger partial charge on any atom is -0.756 e. The number of ether oxygens (including phenoxy) is 2. The van der Waals surface area contributed by atoms with Crippen LogP contribution in [0.15, 0.2) is 24.3 Å². The van der Waals surface area contributed by atoms with Crippen molar-refractivity contribution in [2.45, 2.75) is 161 Å². The van der Waals surface area contributed by atoms with Crippen LogP contribution in [0.3, 0.4) is 0 Å². The molecule has 9 nitrogen and oxygen atoms in total. The highest BCUT2D eigenvalue weighted by atomic mass is 31.2. The van der Waals surface area contributed by atoms with E-state index in [9.17, 15) is 19.0 Å². The Kier molecular flexibility index (Phi) is 30.5. The maximum atomic E-state index is 12.6. The maximum Gasteiger partial charge on any atom is 0.306 e. The molecule has 0 aromatic rings. The van der Waals surface area contributed by atoms with Crippen molar-refractivity contribution in [1.29, 1.82) is 0 Å². The number of nitrogens with zero attached hydrogens (tertiary/aromatic N) is 1. The van der Waals surface area contributed by atoms with Gasteiger partial charge in [-0.25, -0.2) is 0 Å². The van der Waals surface area contributed by atoms with E-state index in [4.69, 9.17) is 18.5 Å². The lowest BCUT2D eigenvalue weighted by Crippen LogP contribution is -2.37. The summed E-state index contributed by atoms with van der Waals surface area (Å²) in [5.74, 6) is -0.859. The van der Waals surface area contributed by atoms with E-state index in [1.807, 2.05) is 21.1 Å². The summed E-state index contributed by atoms with van der Waals surface area (Å²) in [6.07, 6.45) is 30.6. The van der Waals surface area contributed by atoms with Crippen LogP contribution in [-0.2, 0) is 32.7 Å². The van der Waals surface area contributed by atoms with Gasteiger partial charge in [-0.3, -0.25) is 14.2 Å². The molecule has 0 saturated carbocycles. The minimum absolute atomic E-state index is 0.0330. The summed E-state index contributed by atoms with van der Waals surface area (Å²) in [6, 6.07) is 0. The Hall–Kier alpha value is -1.51. The predicted octanol–water partition coefficient (Wildman–Crippen LogP) is 9.38. The molecule has 0 fully saturated rings. The molecule has 0 rings (SSSR count). The fraction of sp³-hybridized carbons (Fsp3) is 0.842. The fourth-order valence-corrected chi connectivity index (χ4v) is 5.61. The highest BCUT2D eigenvalue weighted by Gasteiger charge is 2.21. The van der Waals surface area contributed by atoms with Crippen LogP contribution < -0.4 is 4.89 Å². The molecule has 10 heteroatoms. The number of rotatable bonds is 34. The van der Waals surface area contributed by atoms with Crippen LogP contribution in [0.4, 0.5) is 0 Å². The van der Waals surface area contributed by atoms with E-state index >= 15 is 0 Å². The Bertz CT molecular complexity index is 886. The summed E-state index contributed by atoms with van der Waals surface area (Å²) in [7, 11) is 1.15. The van der Waals surface area contributed by atoms with Crippen LogP contribution in [0, 0.1) is 0 Å². The Morgan fingerprint density at radius 2 is 1.10 bits per heavy atom. The molecule has 0 aromatic heterocycles. The number of quaternary nitrogens is 1. The molecule has 0 radical (unpaired) electrons. The van der Waals surface area contributed by atoms with Gasteiger partial charge in [0, 0.05) is 12.8 Å². The molecular formula is C38H72NO8P. The number of allylic oxidation sites excluding steroid dienone is 4. The molecule has 0 amide bonds. The fourth-order valence-electron chi connectivity index (χ4n) is 4.88. The molecule has 2 unspecified atom stereocenters. The van der Waals surface area contributed by atoms with Gasteiger partial charge in [-0.1, -0.05) is 109 Å². The number of phosphoric ester groups is 1. The van der Waals surface area contributed by atoms with E-state index in [0.717, 1.165) is 77.0 Å². The molecule has 0 bridgehead atoms. The maximum absolute atomic E-state index is 12.6. The zero-order valence-corrected chi connectivity index (χ0v) is 32.3. The third kappa shape index (κ3) is 34.4. The van der Waals surface area contributed by atoms with Gasteiger partial charge in [0.1, 0.15) is 19.8 Å². The average Bonchev–Trinajstić information content (AvgIpc) is 3.02. The van der Waals surface area contributed by atoms with Gasteiger partial charge in [0.15, 0.2) is 6.10 Å².